The Morgan fingerprint density at radius 3 is 2.35 bits per heavy atom. The zero-order chi connectivity index (χ0) is 19.8. The molecule has 0 spiro atoms. The molecule has 0 atom stereocenters. The lowest BCUT2D eigenvalue weighted by Gasteiger charge is -2.20. The summed E-state index contributed by atoms with van der Waals surface area (Å²) in [7, 11) is 1.54. The van der Waals surface area contributed by atoms with Crippen molar-refractivity contribution in [3.05, 3.63) is 35.4 Å². The number of amides is 1. The zero-order valence-corrected chi connectivity index (χ0v) is 15.3. The second kappa shape index (κ2) is 9.30. The zero-order valence-electron chi connectivity index (χ0n) is 15.3. The van der Waals surface area contributed by atoms with Crippen molar-refractivity contribution in [1.82, 2.24) is 16.0 Å². The molecule has 1 aromatic rings. The maximum Gasteiger partial charge on any atom is 0.416 e. The van der Waals surface area contributed by atoms with Crippen LogP contribution in [0.2, 0.25) is 0 Å². The molecule has 0 radical (unpaired) electrons. The first-order valence-electron chi connectivity index (χ1n) is 8.09. The Balaban J connectivity index is 2.39. The van der Waals surface area contributed by atoms with Gasteiger partial charge in [0.1, 0.15) is 5.60 Å². The van der Waals surface area contributed by atoms with E-state index in [-0.39, 0.29) is 6.54 Å². The minimum absolute atomic E-state index is 0.184. The lowest BCUT2D eigenvalue weighted by molar-refractivity contribution is -0.137. The average Bonchev–Trinajstić information content (AvgIpc) is 2.52. The molecule has 6 nitrogen and oxygen atoms in total. The summed E-state index contributed by atoms with van der Waals surface area (Å²) in [5, 5.41) is 8.45. The van der Waals surface area contributed by atoms with E-state index in [0.29, 0.717) is 24.6 Å². The van der Waals surface area contributed by atoms with Crippen molar-refractivity contribution in [1.29, 1.82) is 0 Å². The SMILES string of the molecule is CN=C(NCCNC(=O)OC(C)(C)C)NCc1cccc(C(F)(F)F)c1. The molecular formula is C17H25F3N4O2. The summed E-state index contributed by atoms with van der Waals surface area (Å²) < 4.78 is 43.2. The van der Waals surface area contributed by atoms with E-state index in [9.17, 15) is 18.0 Å². The number of carbonyl (C=O) groups excluding carboxylic acids is 1. The fourth-order valence-corrected chi connectivity index (χ4v) is 1.92. The number of benzene rings is 1. The maximum atomic E-state index is 12.7. The van der Waals surface area contributed by atoms with Gasteiger partial charge in [-0.25, -0.2) is 4.79 Å². The molecule has 146 valence electrons. The number of carbonyl (C=O) groups is 1. The fraction of sp³-hybridized carbons (Fsp3) is 0.529. The highest BCUT2D eigenvalue weighted by Gasteiger charge is 2.30. The van der Waals surface area contributed by atoms with Crippen molar-refractivity contribution in [2.24, 2.45) is 4.99 Å². The highest BCUT2D eigenvalue weighted by atomic mass is 19.4. The third-order valence-corrected chi connectivity index (χ3v) is 3.02. The van der Waals surface area contributed by atoms with Crippen LogP contribution in [0.1, 0.15) is 31.9 Å². The van der Waals surface area contributed by atoms with Gasteiger partial charge >= 0.3 is 12.3 Å². The number of nitrogens with one attached hydrogen (secondary N) is 3. The van der Waals surface area contributed by atoms with Gasteiger partial charge in [-0.1, -0.05) is 12.1 Å². The molecule has 0 aliphatic rings. The second-order valence-electron chi connectivity index (χ2n) is 6.48. The molecule has 0 bridgehead atoms. The molecule has 0 saturated heterocycles. The van der Waals surface area contributed by atoms with Gasteiger partial charge in [-0.15, -0.1) is 0 Å². The molecule has 26 heavy (non-hydrogen) atoms. The van der Waals surface area contributed by atoms with Gasteiger partial charge < -0.3 is 20.7 Å². The van der Waals surface area contributed by atoms with Crippen LogP contribution in [-0.4, -0.2) is 37.8 Å². The number of guanidine groups is 1. The Bertz CT molecular complexity index is 625. The lowest BCUT2D eigenvalue weighted by Crippen LogP contribution is -2.42. The molecular weight excluding hydrogens is 349 g/mol. The molecule has 0 fully saturated rings. The number of hydrogen-bond acceptors (Lipinski definition) is 3. The van der Waals surface area contributed by atoms with Crippen molar-refractivity contribution in [2.45, 2.75) is 39.1 Å². The van der Waals surface area contributed by atoms with Gasteiger partial charge in [0.15, 0.2) is 5.96 Å². The van der Waals surface area contributed by atoms with E-state index in [1.165, 1.54) is 6.07 Å². The number of aliphatic imine (C=N–C) groups is 1. The smallest absolute Gasteiger partial charge is 0.416 e. The molecule has 1 rings (SSSR count). The van der Waals surface area contributed by atoms with Crippen LogP contribution < -0.4 is 16.0 Å². The molecule has 0 aliphatic carbocycles. The Kier molecular flexibility index (Phi) is 7.73. The van der Waals surface area contributed by atoms with E-state index in [4.69, 9.17) is 4.74 Å². The Hall–Kier alpha value is -2.45. The quantitative estimate of drug-likeness (QED) is 0.421. The van der Waals surface area contributed by atoms with Crippen molar-refractivity contribution in [2.75, 3.05) is 20.1 Å². The summed E-state index contributed by atoms with van der Waals surface area (Å²) in [5.41, 5.74) is -0.781. The number of halogens is 3. The first-order valence-corrected chi connectivity index (χ1v) is 8.09. The summed E-state index contributed by atoms with van der Waals surface area (Å²) in [6.07, 6.45) is -4.89. The first-order chi connectivity index (χ1) is 12.0. The van der Waals surface area contributed by atoms with Crippen LogP contribution in [0.3, 0.4) is 0 Å². The summed E-state index contributed by atoms with van der Waals surface area (Å²) in [4.78, 5) is 15.5. The maximum absolute atomic E-state index is 12.7. The molecule has 0 heterocycles. The predicted octanol–water partition coefficient (Wildman–Crippen LogP) is 2.90. The fourth-order valence-electron chi connectivity index (χ4n) is 1.92. The van der Waals surface area contributed by atoms with Crippen LogP contribution >= 0.6 is 0 Å². The van der Waals surface area contributed by atoms with Crippen LogP contribution in [0, 0.1) is 0 Å². The normalized spacial score (nSPS) is 12.5. The number of rotatable bonds is 5. The van der Waals surface area contributed by atoms with Gasteiger partial charge in [0.25, 0.3) is 0 Å². The number of nitrogens with zero attached hydrogens (tertiary/aromatic N) is 1. The number of ether oxygens (including phenoxy) is 1. The molecule has 1 aromatic carbocycles. The molecule has 0 aromatic heterocycles. The van der Waals surface area contributed by atoms with Crippen molar-refractivity contribution in [3.63, 3.8) is 0 Å². The Labute approximate surface area is 151 Å². The highest BCUT2D eigenvalue weighted by molar-refractivity contribution is 5.79. The van der Waals surface area contributed by atoms with Crippen molar-refractivity contribution >= 4 is 12.1 Å². The Morgan fingerprint density at radius 2 is 1.77 bits per heavy atom. The van der Waals surface area contributed by atoms with Crippen LogP contribution in [0.5, 0.6) is 0 Å². The number of alkyl carbamates (subject to hydrolysis) is 1. The van der Waals surface area contributed by atoms with Crippen LogP contribution in [0.15, 0.2) is 29.3 Å². The third kappa shape index (κ3) is 8.59. The molecule has 1 amide bonds. The summed E-state index contributed by atoms with van der Waals surface area (Å²) in [6.45, 7) is 6.17. The summed E-state index contributed by atoms with van der Waals surface area (Å²) in [6, 6.07) is 5.07. The lowest BCUT2D eigenvalue weighted by atomic mass is 10.1. The van der Waals surface area contributed by atoms with Gasteiger partial charge in [0.05, 0.1) is 5.56 Å². The highest BCUT2D eigenvalue weighted by Crippen LogP contribution is 2.29. The van der Waals surface area contributed by atoms with Crippen molar-refractivity contribution in [3.8, 4) is 0 Å². The standard InChI is InChI=1S/C17H25F3N4O2/c1-16(2,3)26-15(25)23-9-8-22-14(21-4)24-11-12-6-5-7-13(10-12)17(18,19)20/h5-7,10H,8-9,11H2,1-4H3,(H,23,25)(H2,21,22,24). The molecule has 3 N–H and O–H groups in total. The number of hydrogen-bond donors (Lipinski definition) is 3. The van der Waals surface area contributed by atoms with Gasteiger partial charge in [-0.3, -0.25) is 4.99 Å². The minimum Gasteiger partial charge on any atom is -0.444 e. The molecule has 0 saturated carbocycles. The van der Waals surface area contributed by atoms with E-state index in [0.717, 1.165) is 12.1 Å². The van der Waals surface area contributed by atoms with Gasteiger partial charge in [-0.2, -0.15) is 13.2 Å². The average molecular weight is 374 g/mol. The van der Waals surface area contributed by atoms with E-state index < -0.39 is 23.4 Å². The largest absolute Gasteiger partial charge is 0.444 e. The minimum atomic E-state index is -4.37. The van der Waals surface area contributed by atoms with E-state index in [2.05, 4.69) is 20.9 Å². The van der Waals surface area contributed by atoms with E-state index in [1.54, 1.807) is 33.9 Å². The first kappa shape index (κ1) is 21.6. The van der Waals surface area contributed by atoms with Gasteiger partial charge in [-0.05, 0) is 38.5 Å². The predicted molar refractivity (Wildman–Crippen MR) is 93.9 cm³/mol. The van der Waals surface area contributed by atoms with E-state index in [1.807, 2.05) is 0 Å². The third-order valence-electron chi connectivity index (χ3n) is 3.02. The molecule has 0 unspecified atom stereocenters. The monoisotopic (exact) mass is 374 g/mol. The molecule has 9 heteroatoms. The van der Waals surface area contributed by atoms with Gasteiger partial charge in [0.2, 0.25) is 0 Å². The van der Waals surface area contributed by atoms with Crippen molar-refractivity contribution < 1.29 is 22.7 Å². The second-order valence-corrected chi connectivity index (χ2v) is 6.48. The van der Waals surface area contributed by atoms with Gasteiger partial charge in [0, 0.05) is 26.7 Å². The summed E-state index contributed by atoms with van der Waals surface area (Å²) >= 11 is 0. The topological polar surface area (TPSA) is 74.8 Å². The van der Waals surface area contributed by atoms with Crippen LogP contribution in [-0.2, 0) is 17.5 Å². The summed E-state index contributed by atoms with van der Waals surface area (Å²) in [5.74, 6) is 0.411. The number of alkyl halides is 3. The van der Waals surface area contributed by atoms with Crippen LogP contribution in [0.25, 0.3) is 0 Å². The Morgan fingerprint density at radius 1 is 1.12 bits per heavy atom. The van der Waals surface area contributed by atoms with Crippen LogP contribution in [0.4, 0.5) is 18.0 Å². The van der Waals surface area contributed by atoms with E-state index >= 15 is 0 Å². The molecule has 0 aliphatic heterocycles.